The first kappa shape index (κ1) is 14.8. The molecule has 0 aliphatic carbocycles. The lowest BCUT2D eigenvalue weighted by atomic mass is 9.85. The van der Waals surface area contributed by atoms with Crippen molar-refractivity contribution in [1.82, 2.24) is 0 Å². The Kier molecular flexibility index (Phi) is 4.01. The summed E-state index contributed by atoms with van der Waals surface area (Å²) in [4.78, 5) is 11.4. The number of carbonyl (C=O) groups excluding carboxylic acids is 1. The lowest BCUT2D eigenvalue weighted by Crippen LogP contribution is -2.01. The molecular weight excluding hydrogens is 268 g/mol. The summed E-state index contributed by atoms with van der Waals surface area (Å²) in [5, 5.41) is 0.590. The molecule has 2 rings (SSSR count). The standard InChI is InChI=1S/C18H19ClO/c1-10-11(2)13(4)18(14(5)12(10)3)17-7-6-16(19)8-15(17)9-20/h6-9H,1-5H3. The van der Waals surface area contributed by atoms with Crippen molar-refractivity contribution in [1.29, 1.82) is 0 Å². The van der Waals surface area contributed by atoms with Gasteiger partial charge in [-0.1, -0.05) is 17.7 Å². The number of hydrogen-bond acceptors (Lipinski definition) is 1. The van der Waals surface area contributed by atoms with E-state index in [9.17, 15) is 4.79 Å². The highest BCUT2D eigenvalue weighted by Gasteiger charge is 2.16. The van der Waals surface area contributed by atoms with E-state index in [4.69, 9.17) is 11.6 Å². The fourth-order valence-electron chi connectivity index (χ4n) is 2.76. The molecule has 2 aromatic carbocycles. The Bertz CT molecular complexity index is 670. The first-order valence-corrected chi connectivity index (χ1v) is 7.08. The molecule has 2 aromatic rings. The summed E-state index contributed by atoms with van der Waals surface area (Å²) >= 11 is 5.99. The Balaban J connectivity index is 2.87. The van der Waals surface area contributed by atoms with Gasteiger partial charge in [0.1, 0.15) is 0 Å². The highest BCUT2D eigenvalue weighted by atomic mass is 35.5. The van der Waals surface area contributed by atoms with E-state index in [-0.39, 0.29) is 0 Å². The van der Waals surface area contributed by atoms with Crippen LogP contribution in [-0.4, -0.2) is 6.29 Å². The zero-order valence-electron chi connectivity index (χ0n) is 12.6. The van der Waals surface area contributed by atoms with Crippen LogP contribution >= 0.6 is 11.6 Å². The minimum atomic E-state index is 0.590. The van der Waals surface area contributed by atoms with Crippen LogP contribution in [0.3, 0.4) is 0 Å². The maximum Gasteiger partial charge on any atom is 0.150 e. The minimum Gasteiger partial charge on any atom is -0.298 e. The number of halogens is 1. The van der Waals surface area contributed by atoms with Crippen LogP contribution in [0.4, 0.5) is 0 Å². The highest BCUT2D eigenvalue weighted by molar-refractivity contribution is 6.31. The van der Waals surface area contributed by atoms with Gasteiger partial charge in [-0.3, -0.25) is 4.79 Å². The Morgan fingerprint density at radius 3 is 1.85 bits per heavy atom. The lowest BCUT2D eigenvalue weighted by molar-refractivity contribution is 0.112. The van der Waals surface area contributed by atoms with Gasteiger partial charge in [-0.05, 0) is 85.7 Å². The third-order valence-electron chi connectivity index (χ3n) is 4.41. The second-order valence-corrected chi connectivity index (χ2v) is 5.79. The summed E-state index contributed by atoms with van der Waals surface area (Å²) in [6.07, 6.45) is 0.880. The third-order valence-corrected chi connectivity index (χ3v) is 4.65. The van der Waals surface area contributed by atoms with Gasteiger partial charge >= 0.3 is 0 Å². The second kappa shape index (κ2) is 5.41. The van der Waals surface area contributed by atoms with Crippen LogP contribution in [0.25, 0.3) is 11.1 Å². The zero-order chi connectivity index (χ0) is 15.0. The molecule has 0 spiro atoms. The van der Waals surface area contributed by atoms with Gasteiger partial charge in [-0.2, -0.15) is 0 Å². The van der Waals surface area contributed by atoms with Crippen LogP contribution in [0.15, 0.2) is 18.2 Å². The van der Waals surface area contributed by atoms with Crippen LogP contribution in [0.5, 0.6) is 0 Å². The average Bonchev–Trinajstić information content (AvgIpc) is 2.44. The maximum atomic E-state index is 11.4. The molecular formula is C18H19ClO. The van der Waals surface area contributed by atoms with Crippen LogP contribution in [-0.2, 0) is 0 Å². The molecule has 0 unspecified atom stereocenters. The van der Waals surface area contributed by atoms with Gasteiger partial charge in [-0.15, -0.1) is 0 Å². The van der Waals surface area contributed by atoms with Gasteiger partial charge < -0.3 is 0 Å². The first-order chi connectivity index (χ1) is 9.38. The van der Waals surface area contributed by atoms with Crippen molar-refractivity contribution in [2.75, 3.05) is 0 Å². The maximum absolute atomic E-state index is 11.4. The number of aldehydes is 1. The molecule has 0 amide bonds. The SMILES string of the molecule is Cc1c(C)c(C)c(-c2ccc(Cl)cc2C=O)c(C)c1C. The summed E-state index contributed by atoms with van der Waals surface area (Å²) in [6, 6.07) is 5.51. The smallest absolute Gasteiger partial charge is 0.150 e. The van der Waals surface area contributed by atoms with Crippen molar-refractivity contribution < 1.29 is 4.79 Å². The number of benzene rings is 2. The van der Waals surface area contributed by atoms with Crippen molar-refractivity contribution in [2.45, 2.75) is 34.6 Å². The Morgan fingerprint density at radius 1 is 0.850 bits per heavy atom. The van der Waals surface area contributed by atoms with Crippen molar-refractivity contribution in [3.05, 3.63) is 56.6 Å². The number of carbonyl (C=O) groups is 1. The van der Waals surface area contributed by atoms with E-state index in [0.29, 0.717) is 10.6 Å². The predicted molar refractivity (Wildman–Crippen MR) is 86.0 cm³/mol. The molecule has 1 nitrogen and oxygen atoms in total. The molecule has 0 aliphatic heterocycles. The summed E-state index contributed by atoms with van der Waals surface area (Å²) in [6.45, 7) is 10.7. The quantitative estimate of drug-likeness (QED) is 0.679. The van der Waals surface area contributed by atoms with Crippen molar-refractivity contribution in [3.63, 3.8) is 0 Å². The molecule has 0 saturated heterocycles. The zero-order valence-corrected chi connectivity index (χ0v) is 13.4. The third kappa shape index (κ3) is 2.27. The van der Waals surface area contributed by atoms with Crippen LogP contribution in [0.1, 0.15) is 38.2 Å². The summed E-state index contributed by atoms with van der Waals surface area (Å²) < 4.78 is 0. The van der Waals surface area contributed by atoms with Gasteiger partial charge in [0.05, 0.1) is 0 Å². The van der Waals surface area contributed by atoms with Gasteiger partial charge in [0, 0.05) is 10.6 Å². The van der Waals surface area contributed by atoms with Crippen molar-refractivity contribution >= 4 is 17.9 Å². The molecule has 2 heteroatoms. The molecule has 104 valence electrons. The van der Waals surface area contributed by atoms with Crippen LogP contribution in [0, 0.1) is 34.6 Å². The van der Waals surface area contributed by atoms with Crippen LogP contribution < -0.4 is 0 Å². The highest BCUT2D eigenvalue weighted by Crippen LogP contribution is 2.36. The average molecular weight is 287 g/mol. The minimum absolute atomic E-state index is 0.590. The Morgan fingerprint density at radius 2 is 1.35 bits per heavy atom. The number of rotatable bonds is 2. The van der Waals surface area contributed by atoms with Gasteiger partial charge in [-0.25, -0.2) is 0 Å². The second-order valence-electron chi connectivity index (χ2n) is 5.35. The summed E-state index contributed by atoms with van der Waals surface area (Å²) in [5.41, 5.74) is 9.13. The van der Waals surface area contributed by atoms with Gasteiger partial charge in [0.15, 0.2) is 6.29 Å². The molecule has 0 fully saturated rings. The Hall–Kier alpha value is -1.60. The lowest BCUT2D eigenvalue weighted by Gasteiger charge is -2.20. The van der Waals surface area contributed by atoms with E-state index in [1.807, 2.05) is 12.1 Å². The molecule has 0 heterocycles. The summed E-state index contributed by atoms with van der Waals surface area (Å²) in [7, 11) is 0. The molecule has 0 aromatic heterocycles. The molecule has 0 radical (unpaired) electrons. The molecule has 0 N–H and O–H groups in total. The molecule has 0 atom stereocenters. The predicted octanol–water partition coefficient (Wildman–Crippen LogP) is 5.36. The van der Waals surface area contributed by atoms with Crippen molar-refractivity contribution in [2.24, 2.45) is 0 Å². The molecule has 0 saturated carbocycles. The van der Waals surface area contributed by atoms with E-state index in [1.54, 1.807) is 6.07 Å². The van der Waals surface area contributed by atoms with Gasteiger partial charge in [0.25, 0.3) is 0 Å². The van der Waals surface area contributed by atoms with E-state index < -0.39 is 0 Å². The van der Waals surface area contributed by atoms with Crippen LogP contribution in [0.2, 0.25) is 5.02 Å². The van der Waals surface area contributed by atoms with Gasteiger partial charge in [0.2, 0.25) is 0 Å². The monoisotopic (exact) mass is 286 g/mol. The first-order valence-electron chi connectivity index (χ1n) is 6.70. The van der Waals surface area contributed by atoms with E-state index >= 15 is 0 Å². The van der Waals surface area contributed by atoms with E-state index in [2.05, 4.69) is 34.6 Å². The summed E-state index contributed by atoms with van der Waals surface area (Å²) in [5.74, 6) is 0. The largest absolute Gasteiger partial charge is 0.298 e. The fraction of sp³-hybridized carbons (Fsp3) is 0.278. The normalized spacial score (nSPS) is 10.7. The van der Waals surface area contributed by atoms with Crippen molar-refractivity contribution in [3.8, 4) is 11.1 Å². The molecule has 20 heavy (non-hydrogen) atoms. The van der Waals surface area contributed by atoms with E-state index in [1.165, 1.54) is 27.8 Å². The molecule has 0 aliphatic rings. The topological polar surface area (TPSA) is 17.1 Å². The molecule has 0 bridgehead atoms. The Labute approximate surface area is 125 Å². The van der Waals surface area contributed by atoms with E-state index in [0.717, 1.165) is 17.4 Å². The fourth-order valence-corrected chi connectivity index (χ4v) is 2.94. The number of hydrogen-bond donors (Lipinski definition) is 0.